The van der Waals surface area contributed by atoms with Gasteiger partial charge in [-0.3, -0.25) is 9.59 Å². The summed E-state index contributed by atoms with van der Waals surface area (Å²) in [7, 11) is 0. The Balaban J connectivity index is 1.36. The molecule has 3 atom stereocenters. The highest BCUT2D eigenvalue weighted by Gasteiger charge is 2.57. The van der Waals surface area contributed by atoms with E-state index in [2.05, 4.69) is 34.9 Å². The van der Waals surface area contributed by atoms with Gasteiger partial charge < -0.3 is 10.6 Å². The molecule has 1 saturated heterocycles. The van der Waals surface area contributed by atoms with E-state index in [1.54, 1.807) is 0 Å². The highest BCUT2D eigenvalue weighted by atomic mass is 16.2. The van der Waals surface area contributed by atoms with Crippen LogP contribution >= 0.6 is 0 Å². The first-order valence-corrected chi connectivity index (χ1v) is 7.84. The fourth-order valence-corrected chi connectivity index (χ4v) is 4.16. The van der Waals surface area contributed by atoms with Crippen LogP contribution in [0.15, 0.2) is 24.3 Å². The maximum Gasteiger partial charge on any atom is 0.242 e. The lowest BCUT2D eigenvalue weighted by Crippen LogP contribution is -2.42. The molecule has 1 aromatic carbocycles. The molecular weight excluding hydrogens is 264 g/mol. The number of carbonyl (C=O) groups is 2. The molecular formula is C17H20N2O2. The Morgan fingerprint density at radius 1 is 1.33 bits per heavy atom. The van der Waals surface area contributed by atoms with Gasteiger partial charge in [0.2, 0.25) is 11.8 Å². The van der Waals surface area contributed by atoms with Crippen molar-refractivity contribution < 1.29 is 9.59 Å². The van der Waals surface area contributed by atoms with Gasteiger partial charge in [0.25, 0.3) is 0 Å². The van der Waals surface area contributed by atoms with E-state index in [1.165, 1.54) is 30.4 Å². The summed E-state index contributed by atoms with van der Waals surface area (Å²) in [6.07, 6.45) is 4.66. The lowest BCUT2D eigenvalue weighted by atomic mass is 9.95. The number of hydrogen-bond acceptors (Lipinski definition) is 2. The number of benzene rings is 1. The third kappa shape index (κ3) is 2.04. The van der Waals surface area contributed by atoms with Crippen molar-refractivity contribution in [3.63, 3.8) is 0 Å². The minimum absolute atomic E-state index is 0.0113. The van der Waals surface area contributed by atoms with E-state index >= 15 is 0 Å². The van der Waals surface area contributed by atoms with Gasteiger partial charge in [0, 0.05) is 18.4 Å². The van der Waals surface area contributed by atoms with Gasteiger partial charge in [-0.15, -0.1) is 0 Å². The molecule has 0 unspecified atom stereocenters. The smallest absolute Gasteiger partial charge is 0.242 e. The number of carbonyl (C=O) groups excluding carboxylic acids is 2. The maximum atomic E-state index is 12.0. The zero-order valence-corrected chi connectivity index (χ0v) is 12.0. The molecule has 1 aromatic rings. The maximum absolute atomic E-state index is 12.0. The molecule has 1 saturated carbocycles. The second-order valence-corrected chi connectivity index (χ2v) is 6.62. The highest BCUT2D eigenvalue weighted by Crippen LogP contribution is 2.61. The summed E-state index contributed by atoms with van der Waals surface area (Å²) in [6, 6.07) is 8.39. The molecule has 2 N–H and O–H groups in total. The van der Waals surface area contributed by atoms with Gasteiger partial charge in [-0.1, -0.05) is 24.3 Å². The second-order valence-electron chi connectivity index (χ2n) is 6.62. The lowest BCUT2D eigenvalue weighted by Gasteiger charge is -2.14. The van der Waals surface area contributed by atoms with E-state index in [4.69, 9.17) is 0 Å². The van der Waals surface area contributed by atoms with Gasteiger partial charge in [-0.2, -0.15) is 0 Å². The van der Waals surface area contributed by atoms with Crippen molar-refractivity contribution in [2.24, 2.45) is 5.92 Å². The number of hydrogen-bond donors (Lipinski definition) is 2. The Bertz CT molecular complexity index is 613. The first-order valence-electron chi connectivity index (χ1n) is 7.84. The van der Waals surface area contributed by atoms with Crippen molar-refractivity contribution in [3.8, 4) is 0 Å². The minimum atomic E-state index is -0.317. The van der Waals surface area contributed by atoms with E-state index in [1.807, 2.05) is 0 Å². The number of amides is 2. The Morgan fingerprint density at radius 2 is 2.19 bits per heavy atom. The van der Waals surface area contributed by atoms with Crippen molar-refractivity contribution in [1.29, 1.82) is 0 Å². The molecule has 110 valence electrons. The molecule has 0 bridgehead atoms. The van der Waals surface area contributed by atoms with Crippen molar-refractivity contribution in [2.45, 2.75) is 43.6 Å². The summed E-state index contributed by atoms with van der Waals surface area (Å²) in [5.41, 5.74) is 3.30. The van der Waals surface area contributed by atoms with Crippen molar-refractivity contribution in [3.05, 3.63) is 35.4 Å². The number of rotatable bonds is 3. The normalized spacial score (nSPS) is 32.9. The van der Waals surface area contributed by atoms with Crippen LogP contribution in [0.5, 0.6) is 0 Å². The van der Waals surface area contributed by atoms with Crippen LogP contribution < -0.4 is 10.6 Å². The van der Waals surface area contributed by atoms with E-state index in [0.29, 0.717) is 24.2 Å². The summed E-state index contributed by atoms with van der Waals surface area (Å²) in [5.74, 6) is 0.527. The monoisotopic (exact) mass is 284 g/mol. The summed E-state index contributed by atoms with van der Waals surface area (Å²) >= 11 is 0. The quantitative estimate of drug-likeness (QED) is 0.878. The van der Waals surface area contributed by atoms with Crippen LogP contribution in [0.3, 0.4) is 0 Å². The molecule has 0 radical (unpaired) electrons. The molecule has 4 rings (SSSR count). The molecule has 1 heterocycles. The lowest BCUT2D eigenvalue weighted by molar-refractivity contribution is -0.125. The van der Waals surface area contributed by atoms with Crippen molar-refractivity contribution in [2.75, 3.05) is 6.54 Å². The van der Waals surface area contributed by atoms with E-state index < -0.39 is 0 Å². The Morgan fingerprint density at radius 3 is 3.00 bits per heavy atom. The molecule has 2 amide bonds. The SMILES string of the molecule is O=C1CC[C@H](C(=O)NC[C@@H]2C[C@]23CCc2ccccc23)N1. The minimum Gasteiger partial charge on any atom is -0.354 e. The first-order chi connectivity index (χ1) is 10.2. The van der Waals surface area contributed by atoms with Crippen LogP contribution in [0.4, 0.5) is 0 Å². The largest absolute Gasteiger partial charge is 0.354 e. The van der Waals surface area contributed by atoms with Crippen LogP contribution in [-0.4, -0.2) is 24.4 Å². The first kappa shape index (κ1) is 12.9. The van der Waals surface area contributed by atoms with Crippen molar-refractivity contribution in [1.82, 2.24) is 10.6 Å². The van der Waals surface area contributed by atoms with Crippen LogP contribution in [0.2, 0.25) is 0 Å². The van der Waals surface area contributed by atoms with Gasteiger partial charge in [0.05, 0.1) is 0 Å². The Labute approximate surface area is 124 Å². The predicted molar refractivity (Wildman–Crippen MR) is 78.7 cm³/mol. The summed E-state index contributed by atoms with van der Waals surface area (Å²) in [4.78, 5) is 23.2. The fraction of sp³-hybridized carbons (Fsp3) is 0.529. The average molecular weight is 284 g/mol. The Kier molecular flexibility index (Phi) is 2.81. The number of nitrogens with one attached hydrogen (secondary N) is 2. The highest BCUT2D eigenvalue weighted by molar-refractivity contribution is 5.90. The predicted octanol–water partition coefficient (Wildman–Crippen LogP) is 1.29. The molecule has 3 aliphatic rings. The molecule has 0 aromatic heterocycles. The number of fused-ring (bicyclic) bond motifs is 2. The van der Waals surface area contributed by atoms with Gasteiger partial charge >= 0.3 is 0 Å². The summed E-state index contributed by atoms with van der Waals surface area (Å²) in [5, 5.41) is 5.76. The Hall–Kier alpha value is -1.84. The van der Waals surface area contributed by atoms with Crippen molar-refractivity contribution >= 4 is 11.8 Å². The summed E-state index contributed by atoms with van der Waals surface area (Å²) in [6.45, 7) is 0.736. The molecule has 2 aliphatic carbocycles. The van der Waals surface area contributed by atoms with Gasteiger partial charge in [-0.05, 0) is 42.7 Å². The molecule has 1 spiro atoms. The van der Waals surface area contributed by atoms with Gasteiger partial charge in [-0.25, -0.2) is 0 Å². The zero-order chi connectivity index (χ0) is 14.4. The second kappa shape index (κ2) is 4.58. The molecule has 21 heavy (non-hydrogen) atoms. The molecule has 4 nitrogen and oxygen atoms in total. The molecule has 1 aliphatic heterocycles. The third-order valence-electron chi connectivity index (χ3n) is 5.46. The topological polar surface area (TPSA) is 58.2 Å². The summed E-state index contributed by atoms with van der Waals surface area (Å²) < 4.78 is 0. The van der Waals surface area contributed by atoms with E-state index in [0.717, 1.165) is 6.54 Å². The fourth-order valence-electron chi connectivity index (χ4n) is 4.16. The van der Waals surface area contributed by atoms with Crippen LogP contribution in [0, 0.1) is 5.92 Å². The van der Waals surface area contributed by atoms with E-state index in [-0.39, 0.29) is 17.9 Å². The zero-order valence-electron chi connectivity index (χ0n) is 12.0. The van der Waals surface area contributed by atoms with Gasteiger partial charge in [0.1, 0.15) is 6.04 Å². The van der Waals surface area contributed by atoms with Crippen LogP contribution in [0.25, 0.3) is 0 Å². The standard InChI is InChI=1S/C17H20N2O2/c20-15-6-5-14(19-15)16(21)18-10-12-9-17(12)8-7-11-3-1-2-4-13(11)17/h1-4,12,14H,5-10H2,(H,18,21)(H,19,20)/t12-,14+,17+/m0/s1. The molecule has 4 heteroatoms. The van der Waals surface area contributed by atoms with Crippen LogP contribution in [-0.2, 0) is 21.4 Å². The van der Waals surface area contributed by atoms with E-state index in [9.17, 15) is 9.59 Å². The number of aryl methyl sites for hydroxylation is 1. The third-order valence-corrected chi connectivity index (χ3v) is 5.46. The average Bonchev–Trinajstić information content (AvgIpc) is 2.81. The van der Waals surface area contributed by atoms with Crippen LogP contribution in [0.1, 0.15) is 36.8 Å². The van der Waals surface area contributed by atoms with Gasteiger partial charge in [0.15, 0.2) is 0 Å². The molecule has 2 fully saturated rings.